The van der Waals surface area contributed by atoms with Crippen molar-refractivity contribution in [3.05, 3.63) is 0 Å². The molecule has 0 aliphatic heterocycles. The molecule has 4 aliphatic carbocycles. The minimum Gasteiger partial charge on any atom is -0.390 e. The lowest BCUT2D eigenvalue weighted by molar-refractivity contribution is -0.171. The Hall–Kier alpha value is -0.0400. The van der Waals surface area contributed by atoms with E-state index in [0.29, 0.717) is 22.2 Å². The van der Waals surface area contributed by atoms with Crippen LogP contribution in [0, 0.1) is 34.0 Å². The Bertz CT molecular complexity index is 451. The van der Waals surface area contributed by atoms with E-state index in [-0.39, 0.29) is 5.60 Å². The molecule has 4 rings (SSSR count). The molecule has 1 heteroatoms. The van der Waals surface area contributed by atoms with Crippen LogP contribution in [0.1, 0.15) is 85.5 Å². The molecule has 0 heterocycles. The lowest BCUT2D eigenvalue weighted by Crippen LogP contribution is -2.58. The Balaban J connectivity index is 1.77. The van der Waals surface area contributed by atoms with E-state index in [9.17, 15) is 5.11 Å². The van der Waals surface area contributed by atoms with Gasteiger partial charge in [0.25, 0.3) is 0 Å². The van der Waals surface area contributed by atoms with Gasteiger partial charge in [0.2, 0.25) is 0 Å². The van der Waals surface area contributed by atoms with Crippen LogP contribution in [0.4, 0.5) is 0 Å². The van der Waals surface area contributed by atoms with Crippen molar-refractivity contribution in [3.8, 4) is 0 Å². The highest BCUT2D eigenvalue weighted by atomic mass is 16.3. The molecular formula is C20H34O. The Kier molecular flexibility index (Phi) is 2.82. The van der Waals surface area contributed by atoms with Crippen LogP contribution in [0.2, 0.25) is 0 Å². The molecule has 0 amide bonds. The molecule has 120 valence electrons. The van der Waals surface area contributed by atoms with E-state index in [1.807, 2.05) is 0 Å². The van der Waals surface area contributed by atoms with Crippen LogP contribution >= 0.6 is 0 Å². The SMILES string of the molecule is CC1(C)CCC[C@@]2(C)[C@H]1CC[C@H]1C[C@H]3C[C@]12CC[C@@]3(C)O. The van der Waals surface area contributed by atoms with E-state index in [1.165, 1.54) is 51.4 Å². The summed E-state index contributed by atoms with van der Waals surface area (Å²) in [6.07, 6.45) is 12.2. The first-order valence-corrected chi connectivity index (χ1v) is 9.44. The quantitative estimate of drug-likeness (QED) is 0.652. The molecule has 0 aromatic heterocycles. The van der Waals surface area contributed by atoms with Crippen LogP contribution < -0.4 is 0 Å². The van der Waals surface area contributed by atoms with E-state index in [1.54, 1.807) is 0 Å². The highest BCUT2D eigenvalue weighted by Gasteiger charge is 2.68. The summed E-state index contributed by atoms with van der Waals surface area (Å²) < 4.78 is 0. The largest absolute Gasteiger partial charge is 0.390 e. The van der Waals surface area contributed by atoms with Gasteiger partial charge < -0.3 is 5.11 Å². The number of fused-ring (bicyclic) bond motifs is 2. The molecule has 0 saturated heterocycles. The van der Waals surface area contributed by atoms with E-state index < -0.39 is 0 Å². The molecule has 4 fully saturated rings. The first-order valence-electron chi connectivity index (χ1n) is 9.44. The fourth-order valence-corrected chi connectivity index (χ4v) is 7.89. The molecule has 0 aromatic rings. The van der Waals surface area contributed by atoms with Gasteiger partial charge in [0.05, 0.1) is 5.60 Å². The molecule has 21 heavy (non-hydrogen) atoms. The van der Waals surface area contributed by atoms with E-state index in [0.717, 1.165) is 18.3 Å². The minimum absolute atomic E-state index is 0.376. The zero-order valence-electron chi connectivity index (χ0n) is 14.5. The summed E-state index contributed by atoms with van der Waals surface area (Å²) in [5, 5.41) is 10.8. The van der Waals surface area contributed by atoms with Gasteiger partial charge in [0, 0.05) is 0 Å². The normalized spacial score (nSPS) is 58.4. The Morgan fingerprint density at radius 3 is 2.38 bits per heavy atom. The molecule has 1 spiro atoms. The fraction of sp³-hybridized carbons (Fsp3) is 1.00. The average Bonchev–Trinajstić information content (AvgIpc) is 2.72. The maximum atomic E-state index is 10.8. The molecular weight excluding hydrogens is 256 g/mol. The molecule has 1 N–H and O–H groups in total. The first-order chi connectivity index (χ1) is 9.71. The molecule has 4 saturated carbocycles. The average molecular weight is 290 g/mol. The van der Waals surface area contributed by atoms with Crippen molar-refractivity contribution in [2.24, 2.45) is 34.0 Å². The van der Waals surface area contributed by atoms with Gasteiger partial charge >= 0.3 is 0 Å². The molecule has 0 aromatic carbocycles. The zero-order chi connectivity index (χ0) is 15.1. The van der Waals surface area contributed by atoms with Gasteiger partial charge in [-0.1, -0.05) is 27.2 Å². The van der Waals surface area contributed by atoms with Crippen molar-refractivity contribution in [3.63, 3.8) is 0 Å². The van der Waals surface area contributed by atoms with E-state index >= 15 is 0 Å². The van der Waals surface area contributed by atoms with Gasteiger partial charge in [0.1, 0.15) is 0 Å². The van der Waals surface area contributed by atoms with Crippen molar-refractivity contribution in [2.45, 2.75) is 91.1 Å². The van der Waals surface area contributed by atoms with Crippen LogP contribution in [0.25, 0.3) is 0 Å². The third kappa shape index (κ3) is 1.68. The van der Waals surface area contributed by atoms with Gasteiger partial charge in [0.15, 0.2) is 0 Å². The van der Waals surface area contributed by atoms with Crippen LogP contribution in [0.3, 0.4) is 0 Å². The topological polar surface area (TPSA) is 20.2 Å². The maximum absolute atomic E-state index is 10.8. The fourth-order valence-electron chi connectivity index (χ4n) is 7.89. The number of hydrogen-bond acceptors (Lipinski definition) is 1. The molecule has 6 atom stereocenters. The summed E-state index contributed by atoms with van der Waals surface area (Å²) >= 11 is 0. The van der Waals surface area contributed by atoms with Crippen LogP contribution in [0.5, 0.6) is 0 Å². The van der Waals surface area contributed by atoms with E-state index in [2.05, 4.69) is 27.7 Å². The first kappa shape index (κ1) is 14.5. The van der Waals surface area contributed by atoms with Gasteiger partial charge in [-0.25, -0.2) is 0 Å². The predicted molar refractivity (Wildman–Crippen MR) is 87.0 cm³/mol. The lowest BCUT2D eigenvalue weighted by Gasteiger charge is -2.65. The van der Waals surface area contributed by atoms with E-state index in [4.69, 9.17) is 0 Å². The summed E-state index contributed by atoms with van der Waals surface area (Å²) in [4.78, 5) is 0. The predicted octanol–water partition coefficient (Wildman–Crippen LogP) is 5.17. The van der Waals surface area contributed by atoms with Crippen molar-refractivity contribution in [2.75, 3.05) is 0 Å². The highest BCUT2D eigenvalue weighted by molar-refractivity contribution is 5.17. The minimum atomic E-state index is -0.376. The monoisotopic (exact) mass is 290 g/mol. The smallest absolute Gasteiger partial charge is 0.0648 e. The van der Waals surface area contributed by atoms with Gasteiger partial charge in [-0.2, -0.15) is 0 Å². The van der Waals surface area contributed by atoms with Gasteiger partial charge in [-0.05, 0) is 92.3 Å². The lowest BCUT2D eigenvalue weighted by atomic mass is 9.40. The molecule has 2 bridgehead atoms. The summed E-state index contributed by atoms with van der Waals surface area (Å²) in [7, 11) is 0. The second-order valence-corrected chi connectivity index (χ2v) is 10.2. The second kappa shape index (κ2) is 4.08. The summed E-state index contributed by atoms with van der Waals surface area (Å²) in [5.74, 6) is 2.40. The van der Waals surface area contributed by atoms with Crippen LogP contribution in [-0.4, -0.2) is 10.7 Å². The molecule has 1 nitrogen and oxygen atoms in total. The third-order valence-corrected chi connectivity index (χ3v) is 9.09. The summed E-state index contributed by atoms with van der Waals surface area (Å²) in [5.41, 5.74) is 1.27. The van der Waals surface area contributed by atoms with Crippen LogP contribution in [0.15, 0.2) is 0 Å². The van der Waals surface area contributed by atoms with Crippen molar-refractivity contribution >= 4 is 0 Å². The Morgan fingerprint density at radius 1 is 0.857 bits per heavy atom. The van der Waals surface area contributed by atoms with Gasteiger partial charge in [-0.3, -0.25) is 0 Å². The Morgan fingerprint density at radius 2 is 1.62 bits per heavy atom. The molecule has 0 radical (unpaired) electrons. The van der Waals surface area contributed by atoms with Crippen LogP contribution in [-0.2, 0) is 0 Å². The highest BCUT2D eigenvalue weighted by Crippen LogP contribution is 2.75. The zero-order valence-corrected chi connectivity index (χ0v) is 14.5. The molecule has 4 aliphatic rings. The second-order valence-electron chi connectivity index (χ2n) is 10.2. The number of hydrogen-bond donors (Lipinski definition) is 1. The summed E-state index contributed by atoms with van der Waals surface area (Å²) in [6.45, 7) is 9.86. The van der Waals surface area contributed by atoms with Crippen molar-refractivity contribution in [1.29, 1.82) is 0 Å². The standard InChI is InChI=1S/C20H34O/c1-17(2)8-5-9-18(3)16(17)7-6-14-12-15-13-20(14,18)11-10-19(15,4)21/h14-16,21H,5-13H2,1-4H3/t14-,15-,16-,18-,19+,20+/m0/s1. The van der Waals surface area contributed by atoms with Crippen molar-refractivity contribution in [1.82, 2.24) is 0 Å². The molecule has 0 unspecified atom stereocenters. The summed E-state index contributed by atoms with van der Waals surface area (Å²) in [6, 6.07) is 0. The number of aliphatic hydroxyl groups is 1. The third-order valence-electron chi connectivity index (χ3n) is 9.09. The number of rotatable bonds is 0. The Labute approximate surface area is 130 Å². The maximum Gasteiger partial charge on any atom is 0.0648 e. The van der Waals surface area contributed by atoms with Gasteiger partial charge in [-0.15, -0.1) is 0 Å². The van der Waals surface area contributed by atoms with Crippen molar-refractivity contribution < 1.29 is 5.11 Å².